The summed E-state index contributed by atoms with van der Waals surface area (Å²) in [6.45, 7) is 6.88. The molecule has 0 bridgehead atoms. The number of rotatable bonds is 5. The molecule has 1 saturated heterocycles. The molecule has 0 saturated carbocycles. The van der Waals surface area contributed by atoms with Crippen LogP contribution in [0.15, 0.2) is 12.5 Å². The third kappa shape index (κ3) is 3.09. The number of nitrogens with zero attached hydrogens (tertiary/aromatic N) is 2. The Kier molecular flexibility index (Phi) is 4.60. The Morgan fingerprint density at radius 2 is 2.24 bits per heavy atom. The van der Waals surface area contributed by atoms with Gasteiger partial charge in [-0.2, -0.15) is 0 Å². The van der Waals surface area contributed by atoms with Gasteiger partial charge in [-0.25, -0.2) is 4.98 Å². The van der Waals surface area contributed by atoms with Crippen molar-refractivity contribution >= 4 is 0 Å². The van der Waals surface area contributed by atoms with Crippen molar-refractivity contribution in [3.63, 3.8) is 0 Å². The van der Waals surface area contributed by atoms with Crippen LogP contribution < -0.4 is 5.32 Å². The van der Waals surface area contributed by atoms with Crippen LogP contribution in [0.2, 0.25) is 0 Å². The number of hydrogen-bond donors (Lipinski definition) is 1. The maximum atomic E-state index is 4.37. The topological polar surface area (TPSA) is 29.9 Å². The van der Waals surface area contributed by atoms with E-state index in [4.69, 9.17) is 0 Å². The highest BCUT2D eigenvalue weighted by Gasteiger charge is 2.20. The lowest BCUT2D eigenvalue weighted by Gasteiger charge is -2.26. The highest BCUT2D eigenvalue weighted by molar-refractivity contribution is 5.09. The van der Waals surface area contributed by atoms with Crippen molar-refractivity contribution in [3.05, 3.63) is 18.2 Å². The summed E-state index contributed by atoms with van der Waals surface area (Å²) in [7, 11) is 0. The summed E-state index contributed by atoms with van der Waals surface area (Å²) >= 11 is 0. The first-order chi connectivity index (χ1) is 8.33. The van der Waals surface area contributed by atoms with E-state index in [2.05, 4.69) is 34.9 Å². The summed E-state index contributed by atoms with van der Waals surface area (Å²) in [5.41, 5.74) is 1.45. The van der Waals surface area contributed by atoms with Crippen LogP contribution in [-0.4, -0.2) is 22.6 Å². The third-order valence-corrected chi connectivity index (χ3v) is 3.90. The van der Waals surface area contributed by atoms with E-state index >= 15 is 0 Å². The predicted octanol–water partition coefficient (Wildman–Crippen LogP) is 3.10. The third-order valence-electron chi connectivity index (χ3n) is 3.90. The van der Waals surface area contributed by atoms with Crippen LogP contribution in [0.4, 0.5) is 0 Å². The zero-order chi connectivity index (χ0) is 12.1. The fraction of sp³-hybridized carbons (Fsp3) is 0.786. The van der Waals surface area contributed by atoms with Crippen LogP contribution in [0.3, 0.4) is 0 Å². The molecule has 2 heterocycles. The number of aromatic nitrogens is 2. The highest BCUT2D eigenvalue weighted by atomic mass is 15.1. The smallest absolute Gasteiger partial charge is 0.0950 e. The first kappa shape index (κ1) is 12.6. The van der Waals surface area contributed by atoms with E-state index in [1.807, 2.05) is 6.33 Å². The van der Waals surface area contributed by atoms with Gasteiger partial charge >= 0.3 is 0 Å². The monoisotopic (exact) mass is 235 g/mol. The standard InChI is InChI=1S/C14H25N3/c1-3-4-5-12(2)17-11-16-10-14(17)13-6-8-15-9-7-13/h10-13,15H,3-9H2,1-2H3. The molecule has 1 unspecified atom stereocenters. The van der Waals surface area contributed by atoms with Gasteiger partial charge in [0.2, 0.25) is 0 Å². The van der Waals surface area contributed by atoms with Gasteiger partial charge in [-0.3, -0.25) is 0 Å². The van der Waals surface area contributed by atoms with Crippen LogP contribution in [0.25, 0.3) is 0 Å². The summed E-state index contributed by atoms with van der Waals surface area (Å²) < 4.78 is 2.41. The minimum Gasteiger partial charge on any atom is -0.332 e. The molecule has 0 aliphatic carbocycles. The molecule has 3 nitrogen and oxygen atoms in total. The molecule has 1 atom stereocenters. The van der Waals surface area contributed by atoms with Gasteiger partial charge in [0.15, 0.2) is 0 Å². The minimum atomic E-state index is 0.599. The number of unbranched alkanes of at least 4 members (excludes halogenated alkanes) is 1. The average molecular weight is 235 g/mol. The van der Waals surface area contributed by atoms with Gasteiger partial charge in [-0.05, 0) is 39.3 Å². The quantitative estimate of drug-likeness (QED) is 0.850. The Hall–Kier alpha value is -0.830. The second kappa shape index (κ2) is 6.20. The molecule has 1 aliphatic heterocycles. The van der Waals surface area contributed by atoms with E-state index in [-0.39, 0.29) is 0 Å². The van der Waals surface area contributed by atoms with Crippen molar-refractivity contribution in [3.8, 4) is 0 Å². The van der Waals surface area contributed by atoms with Crippen LogP contribution >= 0.6 is 0 Å². The molecule has 1 aliphatic rings. The van der Waals surface area contributed by atoms with Crippen LogP contribution in [0, 0.1) is 0 Å². The van der Waals surface area contributed by atoms with Gasteiger partial charge in [-0.1, -0.05) is 19.8 Å². The highest BCUT2D eigenvalue weighted by Crippen LogP contribution is 2.28. The fourth-order valence-corrected chi connectivity index (χ4v) is 2.76. The van der Waals surface area contributed by atoms with Gasteiger partial charge in [0.05, 0.1) is 6.33 Å². The molecule has 1 fully saturated rings. The second-order valence-electron chi connectivity index (χ2n) is 5.24. The van der Waals surface area contributed by atoms with E-state index < -0.39 is 0 Å². The van der Waals surface area contributed by atoms with Crippen LogP contribution in [-0.2, 0) is 0 Å². The van der Waals surface area contributed by atoms with Gasteiger partial charge in [0, 0.05) is 23.9 Å². The zero-order valence-electron chi connectivity index (χ0n) is 11.2. The predicted molar refractivity (Wildman–Crippen MR) is 71.3 cm³/mol. The molecule has 1 aromatic heterocycles. The SMILES string of the molecule is CCCCC(C)n1cncc1C1CCNCC1. The normalized spacial score (nSPS) is 19.4. The van der Waals surface area contributed by atoms with E-state index in [1.165, 1.54) is 37.8 Å². The van der Waals surface area contributed by atoms with E-state index in [9.17, 15) is 0 Å². The number of imidazole rings is 1. The van der Waals surface area contributed by atoms with Crippen LogP contribution in [0.5, 0.6) is 0 Å². The number of nitrogens with one attached hydrogen (secondary N) is 1. The van der Waals surface area contributed by atoms with Crippen molar-refractivity contribution in [1.29, 1.82) is 0 Å². The van der Waals surface area contributed by atoms with Crippen LogP contribution in [0.1, 0.15) is 63.6 Å². The summed E-state index contributed by atoms with van der Waals surface area (Å²) in [5.74, 6) is 0.711. The van der Waals surface area contributed by atoms with Gasteiger partial charge < -0.3 is 9.88 Å². The number of hydrogen-bond acceptors (Lipinski definition) is 2. The van der Waals surface area contributed by atoms with Gasteiger partial charge in [-0.15, -0.1) is 0 Å². The Morgan fingerprint density at radius 1 is 1.47 bits per heavy atom. The molecule has 0 aromatic carbocycles. The Morgan fingerprint density at radius 3 is 2.94 bits per heavy atom. The molecule has 0 radical (unpaired) electrons. The molecule has 0 amide bonds. The van der Waals surface area contributed by atoms with Crippen molar-refractivity contribution in [2.24, 2.45) is 0 Å². The second-order valence-corrected chi connectivity index (χ2v) is 5.24. The Balaban J connectivity index is 2.04. The van der Waals surface area contributed by atoms with Crippen molar-refractivity contribution in [1.82, 2.24) is 14.9 Å². The fourth-order valence-electron chi connectivity index (χ4n) is 2.76. The number of piperidine rings is 1. The van der Waals surface area contributed by atoms with Crippen molar-refractivity contribution < 1.29 is 0 Å². The van der Waals surface area contributed by atoms with Crippen molar-refractivity contribution in [2.75, 3.05) is 13.1 Å². The molecular weight excluding hydrogens is 210 g/mol. The molecule has 96 valence electrons. The Labute approximate surface area is 105 Å². The van der Waals surface area contributed by atoms with Gasteiger partial charge in [0.1, 0.15) is 0 Å². The summed E-state index contributed by atoms with van der Waals surface area (Å²) in [6.07, 6.45) is 10.5. The van der Waals surface area contributed by atoms with Gasteiger partial charge in [0.25, 0.3) is 0 Å². The maximum Gasteiger partial charge on any atom is 0.0950 e. The average Bonchev–Trinajstić information content (AvgIpc) is 2.86. The maximum absolute atomic E-state index is 4.37. The lowest BCUT2D eigenvalue weighted by atomic mass is 9.94. The zero-order valence-corrected chi connectivity index (χ0v) is 11.2. The summed E-state index contributed by atoms with van der Waals surface area (Å²) in [5, 5.41) is 3.43. The first-order valence-electron chi connectivity index (χ1n) is 7.05. The minimum absolute atomic E-state index is 0.599. The van der Waals surface area contributed by atoms with E-state index in [0.717, 1.165) is 13.1 Å². The largest absolute Gasteiger partial charge is 0.332 e. The van der Waals surface area contributed by atoms with Crippen molar-refractivity contribution in [2.45, 2.75) is 57.9 Å². The molecule has 0 spiro atoms. The van der Waals surface area contributed by atoms with E-state index in [0.29, 0.717) is 12.0 Å². The lowest BCUT2D eigenvalue weighted by molar-refractivity contribution is 0.409. The molecule has 3 heteroatoms. The van der Waals surface area contributed by atoms with E-state index in [1.54, 1.807) is 0 Å². The Bertz CT molecular complexity index is 326. The summed E-state index contributed by atoms with van der Waals surface area (Å²) in [4.78, 5) is 4.37. The summed E-state index contributed by atoms with van der Waals surface area (Å²) in [6, 6.07) is 0.599. The molecule has 2 rings (SSSR count). The lowest BCUT2D eigenvalue weighted by Crippen LogP contribution is -2.28. The molecular formula is C14H25N3. The molecule has 17 heavy (non-hydrogen) atoms. The molecule has 1 N–H and O–H groups in total. The first-order valence-corrected chi connectivity index (χ1v) is 7.05. The molecule has 1 aromatic rings.